The van der Waals surface area contributed by atoms with Crippen LogP contribution in [0.3, 0.4) is 0 Å². The summed E-state index contributed by atoms with van der Waals surface area (Å²) in [7, 11) is 0. The first-order valence-corrected chi connectivity index (χ1v) is 11.4. The lowest BCUT2D eigenvalue weighted by Crippen LogP contribution is -2.07. The third-order valence-corrected chi connectivity index (χ3v) is 5.42. The van der Waals surface area contributed by atoms with Crippen molar-refractivity contribution in [3.63, 3.8) is 0 Å². The fourth-order valence-corrected chi connectivity index (χ4v) is 3.61. The lowest BCUT2D eigenvalue weighted by atomic mass is 10.0. The minimum Gasteiger partial charge on any atom is -0.393 e. The number of rotatable bonds is 15. The predicted octanol–water partition coefficient (Wildman–Crippen LogP) is 7.64. The lowest BCUT2D eigenvalue weighted by molar-refractivity contribution is 0.151. The van der Waals surface area contributed by atoms with Gasteiger partial charge in [0.2, 0.25) is 0 Å². The third kappa shape index (κ3) is 9.94. The minimum absolute atomic E-state index is 0.160. The number of para-hydroxylation sites is 1. The average Bonchev–Trinajstić information content (AvgIpc) is 2.73. The van der Waals surface area contributed by atoms with Crippen LogP contribution in [0.1, 0.15) is 83.1 Å². The number of aryl methyl sites for hydroxylation is 1. The van der Waals surface area contributed by atoms with Crippen LogP contribution >= 0.6 is 0 Å². The Morgan fingerprint density at radius 1 is 0.679 bits per heavy atom. The maximum atomic E-state index is 10.2. The zero-order valence-electron chi connectivity index (χ0n) is 17.7. The van der Waals surface area contributed by atoms with E-state index in [4.69, 9.17) is 0 Å². The van der Waals surface area contributed by atoms with Crippen LogP contribution in [0.5, 0.6) is 0 Å². The molecule has 0 aliphatic rings. The summed E-state index contributed by atoms with van der Waals surface area (Å²) in [6.45, 7) is 2.27. The van der Waals surface area contributed by atoms with Gasteiger partial charge in [0.1, 0.15) is 0 Å². The number of hydrogen-bond acceptors (Lipinski definition) is 2. The summed E-state index contributed by atoms with van der Waals surface area (Å²) in [6, 6.07) is 18.8. The van der Waals surface area contributed by atoms with Crippen LogP contribution in [0, 0.1) is 0 Å². The summed E-state index contributed by atoms with van der Waals surface area (Å²) in [5, 5.41) is 13.7. The largest absolute Gasteiger partial charge is 0.393 e. The van der Waals surface area contributed by atoms with E-state index >= 15 is 0 Å². The fourth-order valence-electron chi connectivity index (χ4n) is 3.61. The van der Waals surface area contributed by atoms with Gasteiger partial charge >= 0.3 is 0 Å². The second kappa shape index (κ2) is 14.2. The molecule has 0 radical (unpaired) electrons. The number of hydrogen-bond donors (Lipinski definition) is 2. The molecule has 0 aliphatic heterocycles. The standard InChI is InChI=1S/C26H39NO/c1-2-3-4-5-6-7-8-9-13-16-26(28)22-19-23-17-20-25(21-18-23)27-24-14-11-10-12-15-24/h10-12,14-15,17-18,20-21,26-28H,2-9,13,16,19,22H2,1H3. The van der Waals surface area contributed by atoms with Crippen LogP contribution < -0.4 is 5.32 Å². The molecule has 2 rings (SSSR count). The highest BCUT2D eigenvalue weighted by molar-refractivity contribution is 5.59. The minimum atomic E-state index is -0.160. The van der Waals surface area contributed by atoms with Crippen LogP contribution in [0.4, 0.5) is 11.4 Å². The molecule has 1 unspecified atom stereocenters. The van der Waals surface area contributed by atoms with Gasteiger partial charge in [-0.1, -0.05) is 95.0 Å². The van der Waals surface area contributed by atoms with Gasteiger partial charge in [-0.3, -0.25) is 0 Å². The van der Waals surface area contributed by atoms with E-state index in [1.54, 1.807) is 0 Å². The lowest BCUT2D eigenvalue weighted by Gasteiger charge is -2.11. The van der Waals surface area contributed by atoms with Gasteiger partial charge in [-0.2, -0.15) is 0 Å². The van der Waals surface area contributed by atoms with Gasteiger partial charge in [0, 0.05) is 11.4 Å². The summed E-state index contributed by atoms with van der Waals surface area (Å²) in [6.07, 6.45) is 14.6. The molecule has 1 atom stereocenters. The molecule has 2 aromatic rings. The van der Waals surface area contributed by atoms with Crippen molar-refractivity contribution in [1.82, 2.24) is 0 Å². The van der Waals surface area contributed by atoms with E-state index < -0.39 is 0 Å². The number of anilines is 2. The topological polar surface area (TPSA) is 32.3 Å². The molecule has 0 saturated carbocycles. The van der Waals surface area contributed by atoms with E-state index in [0.717, 1.165) is 37.1 Å². The highest BCUT2D eigenvalue weighted by Gasteiger charge is 2.05. The van der Waals surface area contributed by atoms with Crippen molar-refractivity contribution in [1.29, 1.82) is 0 Å². The van der Waals surface area contributed by atoms with Crippen LogP contribution in [-0.2, 0) is 6.42 Å². The highest BCUT2D eigenvalue weighted by atomic mass is 16.3. The van der Waals surface area contributed by atoms with Gasteiger partial charge in [0.25, 0.3) is 0 Å². The van der Waals surface area contributed by atoms with Crippen LogP contribution in [0.2, 0.25) is 0 Å². The van der Waals surface area contributed by atoms with Crippen molar-refractivity contribution < 1.29 is 5.11 Å². The molecule has 0 amide bonds. The number of benzene rings is 2. The number of unbranched alkanes of at least 4 members (excludes halogenated alkanes) is 8. The molecule has 0 aromatic heterocycles. The molecule has 2 heteroatoms. The molecule has 2 nitrogen and oxygen atoms in total. The summed E-state index contributed by atoms with van der Waals surface area (Å²) in [5.41, 5.74) is 3.50. The molecule has 0 saturated heterocycles. The zero-order chi connectivity index (χ0) is 19.9. The first-order valence-electron chi connectivity index (χ1n) is 11.4. The molecular formula is C26H39NO. The summed E-state index contributed by atoms with van der Waals surface area (Å²) in [5.74, 6) is 0. The number of nitrogens with one attached hydrogen (secondary N) is 1. The van der Waals surface area contributed by atoms with Crippen LogP contribution in [0.25, 0.3) is 0 Å². The first-order chi connectivity index (χ1) is 13.8. The van der Waals surface area contributed by atoms with Crippen molar-refractivity contribution in [3.8, 4) is 0 Å². The van der Waals surface area contributed by atoms with Crippen LogP contribution in [-0.4, -0.2) is 11.2 Å². The second-order valence-electron chi connectivity index (χ2n) is 8.00. The maximum absolute atomic E-state index is 10.2. The first kappa shape index (κ1) is 22.5. The fraction of sp³-hybridized carbons (Fsp3) is 0.538. The van der Waals surface area contributed by atoms with E-state index in [2.05, 4.69) is 48.6 Å². The monoisotopic (exact) mass is 381 g/mol. The van der Waals surface area contributed by atoms with Crippen molar-refractivity contribution in [2.24, 2.45) is 0 Å². The Balaban J connectivity index is 1.53. The molecule has 0 heterocycles. The summed E-state index contributed by atoms with van der Waals surface area (Å²) < 4.78 is 0. The molecular weight excluding hydrogens is 342 g/mol. The van der Waals surface area contributed by atoms with Crippen molar-refractivity contribution >= 4 is 11.4 Å². The van der Waals surface area contributed by atoms with Crippen molar-refractivity contribution in [2.45, 2.75) is 90.1 Å². The normalized spacial score (nSPS) is 12.1. The Morgan fingerprint density at radius 2 is 1.25 bits per heavy atom. The van der Waals surface area contributed by atoms with Gasteiger partial charge in [-0.25, -0.2) is 0 Å². The van der Waals surface area contributed by atoms with E-state index in [9.17, 15) is 5.11 Å². The number of aliphatic hydroxyl groups excluding tert-OH is 1. The Labute approximate surface area is 172 Å². The van der Waals surface area contributed by atoms with E-state index in [0.29, 0.717) is 0 Å². The van der Waals surface area contributed by atoms with Gasteiger partial charge in [0.15, 0.2) is 0 Å². The van der Waals surface area contributed by atoms with Gasteiger partial charge in [-0.05, 0) is 49.1 Å². The molecule has 0 bridgehead atoms. The SMILES string of the molecule is CCCCCCCCCCCC(O)CCc1ccc(Nc2ccccc2)cc1. The second-order valence-corrected chi connectivity index (χ2v) is 8.00. The van der Waals surface area contributed by atoms with Crippen molar-refractivity contribution in [3.05, 3.63) is 60.2 Å². The van der Waals surface area contributed by atoms with Gasteiger partial charge in [0.05, 0.1) is 6.10 Å². The molecule has 0 spiro atoms. The molecule has 0 fully saturated rings. The quantitative estimate of drug-likeness (QED) is 0.311. The Hall–Kier alpha value is -1.80. The Morgan fingerprint density at radius 3 is 1.89 bits per heavy atom. The van der Waals surface area contributed by atoms with E-state index in [1.807, 2.05) is 18.2 Å². The maximum Gasteiger partial charge on any atom is 0.0543 e. The molecule has 0 aliphatic carbocycles. The summed E-state index contributed by atoms with van der Waals surface area (Å²) in [4.78, 5) is 0. The number of aliphatic hydroxyl groups is 1. The van der Waals surface area contributed by atoms with Gasteiger partial charge < -0.3 is 10.4 Å². The molecule has 28 heavy (non-hydrogen) atoms. The van der Waals surface area contributed by atoms with E-state index in [1.165, 1.54) is 56.9 Å². The molecule has 154 valence electrons. The highest BCUT2D eigenvalue weighted by Crippen LogP contribution is 2.18. The van der Waals surface area contributed by atoms with E-state index in [-0.39, 0.29) is 6.10 Å². The van der Waals surface area contributed by atoms with Crippen LogP contribution in [0.15, 0.2) is 54.6 Å². The summed E-state index contributed by atoms with van der Waals surface area (Å²) >= 11 is 0. The molecule has 2 aromatic carbocycles. The predicted molar refractivity (Wildman–Crippen MR) is 122 cm³/mol. The van der Waals surface area contributed by atoms with Crippen molar-refractivity contribution in [2.75, 3.05) is 5.32 Å². The zero-order valence-corrected chi connectivity index (χ0v) is 17.7. The third-order valence-electron chi connectivity index (χ3n) is 5.42. The molecule has 2 N–H and O–H groups in total. The van der Waals surface area contributed by atoms with Gasteiger partial charge in [-0.15, -0.1) is 0 Å². The average molecular weight is 382 g/mol. The smallest absolute Gasteiger partial charge is 0.0543 e. The Kier molecular flexibility index (Phi) is 11.4. The Bertz CT molecular complexity index is 608.